The van der Waals surface area contributed by atoms with Crippen LogP contribution in [0.25, 0.3) is 0 Å². The van der Waals surface area contributed by atoms with Gasteiger partial charge in [0.15, 0.2) is 0 Å². The average Bonchev–Trinajstić information content (AvgIpc) is 2.43. The first-order valence-corrected chi connectivity index (χ1v) is 7.14. The monoisotopic (exact) mass is 297 g/mol. The van der Waals surface area contributed by atoms with Gasteiger partial charge in [-0.2, -0.15) is 0 Å². The highest BCUT2D eigenvalue weighted by Gasteiger charge is 2.46. The van der Waals surface area contributed by atoms with E-state index < -0.39 is 22.9 Å². The zero-order valence-corrected chi connectivity index (χ0v) is 12.6. The van der Waals surface area contributed by atoms with Gasteiger partial charge in [-0.1, -0.05) is 30.3 Å². The van der Waals surface area contributed by atoms with E-state index in [0.29, 0.717) is 5.75 Å². The van der Waals surface area contributed by atoms with Gasteiger partial charge in [0.25, 0.3) is 0 Å². The number of hydrogen-bond donors (Lipinski definition) is 2. The lowest BCUT2D eigenvalue weighted by molar-refractivity contribution is -0.149. The Bertz CT molecular complexity index is 464. The molecule has 0 aromatic heterocycles. The maximum atomic E-state index is 12.0. The second kappa shape index (κ2) is 7.31. The molecule has 6 heteroatoms. The third kappa shape index (κ3) is 3.98. The summed E-state index contributed by atoms with van der Waals surface area (Å²) in [5.41, 5.74) is 0.983. The van der Waals surface area contributed by atoms with Crippen molar-refractivity contribution in [2.75, 3.05) is 7.11 Å². The number of aliphatic hydroxyl groups excluding tert-OH is 1. The molecule has 20 heavy (non-hydrogen) atoms. The number of benzene rings is 1. The standard InChI is InChI=1S/C14H19NO4S/c1-10(16)14(13(18)19-3,15-11(2)17)20-9-12-7-5-4-6-8-12/h4-8,10,16H,9H2,1-3H3,(H,15,17)/t10-,14+/m1/s1. The number of methoxy groups -OCH3 is 1. The minimum Gasteiger partial charge on any atom is -0.467 e. The lowest BCUT2D eigenvalue weighted by Crippen LogP contribution is -2.58. The predicted molar refractivity (Wildman–Crippen MR) is 78.0 cm³/mol. The topological polar surface area (TPSA) is 75.6 Å². The molecule has 0 spiro atoms. The van der Waals surface area contributed by atoms with Crippen LogP contribution in [0.5, 0.6) is 0 Å². The van der Waals surface area contributed by atoms with Crippen LogP contribution in [0.15, 0.2) is 30.3 Å². The van der Waals surface area contributed by atoms with Gasteiger partial charge in [0.2, 0.25) is 10.8 Å². The molecule has 1 aromatic rings. The van der Waals surface area contributed by atoms with Crippen molar-refractivity contribution in [2.24, 2.45) is 0 Å². The van der Waals surface area contributed by atoms with Crippen LogP contribution < -0.4 is 5.32 Å². The Morgan fingerprint density at radius 3 is 2.45 bits per heavy atom. The number of ether oxygens (including phenoxy) is 1. The minimum atomic E-state index is -1.50. The van der Waals surface area contributed by atoms with Crippen LogP contribution >= 0.6 is 11.8 Å². The van der Waals surface area contributed by atoms with Gasteiger partial charge >= 0.3 is 5.97 Å². The largest absolute Gasteiger partial charge is 0.467 e. The molecule has 0 aliphatic carbocycles. The highest BCUT2D eigenvalue weighted by Crippen LogP contribution is 2.31. The fourth-order valence-electron chi connectivity index (χ4n) is 1.73. The first kappa shape index (κ1) is 16.5. The van der Waals surface area contributed by atoms with E-state index in [1.165, 1.54) is 21.0 Å². The SMILES string of the molecule is COC(=O)[C@@](NC(C)=O)(SCc1ccccc1)[C@@H](C)O. The quantitative estimate of drug-likeness (QED) is 0.611. The summed E-state index contributed by atoms with van der Waals surface area (Å²) in [7, 11) is 1.23. The van der Waals surface area contributed by atoms with Crippen LogP contribution in [0, 0.1) is 0 Å². The zero-order valence-electron chi connectivity index (χ0n) is 11.8. The third-order valence-electron chi connectivity index (χ3n) is 2.75. The summed E-state index contributed by atoms with van der Waals surface area (Å²) in [4.78, 5) is 21.9. The molecule has 2 atom stereocenters. The predicted octanol–water partition coefficient (Wildman–Crippen LogP) is 1.31. The Morgan fingerprint density at radius 2 is 2.00 bits per heavy atom. The van der Waals surface area contributed by atoms with Crippen LogP contribution in [0.2, 0.25) is 0 Å². The van der Waals surface area contributed by atoms with E-state index in [4.69, 9.17) is 4.74 Å². The number of rotatable bonds is 6. The Balaban J connectivity index is 2.96. The van der Waals surface area contributed by atoms with E-state index in [-0.39, 0.29) is 0 Å². The normalized spacial score (nSPS) is 15.0. The van der Waals surface area contributed by atoms with Crippen LogP contribution in [-0.2, 0) is 20.1 Å². The molecule has 0 saturated heterocycles. The van der Waals surface area contributed by atoms with Crippen molar-refractivity contribution in [3.8, 4) is 0 Å². The van der Waals surface area contributed by atoms with Crippen LogP contribution in [0.1, 0.15) is 19.4 Å². The van der Waals surface area contributed by atoms with E-state index >= 15 is 0 Å². The van der Waals surface area contributed by atoms with Gasteiger partial charge < -0.3 is 15.2 Å². The number of esters is 1. The van der Waals surface area contributed by atoms with Crippen molar-refractivity contribution < 1.29 is 19.4 Å². The molecular formula is C14H19NO4S. The van der Waals surface area contributed by atoms with Crippen molar-refractivity contribution in [1.29, 1.82) is 0 Å². The Labute approximate surface area is 122 Å². The van der Waals surface area contributed by atoms with E-state index in [0.717, 1.165) is 17.3 Å². The summed E-state index contributed by atoms with van der Waals surface area (Å²) in [6.07, 6.45) is -1.09. The molecule has 0 saturated carbocycles. The highest BCUT2D eigenvalue weighted by molar-refractivity contribution is 8.00. The van der Waals surface area contributed by atoms with Crippen molar-refractivity contribution in [1.82, 2.24) is 5.32 Å². The van der Waals surface area contributed by atoms with Gasteiger partial charge in [0, 0.05) is 12.7 Å². The lowest BCUT2D eigenvalue weighted by atomic mass is 10.1. The number of nitrogens with one attached hydrogen (secondary N) is 1. The molecule has 2 N–H and O–H groups in total. The van der Waals surface area contributed by atoms with Crippen molar-refractivity contribution in [2.45, 2.75) is 30.6 Å². The zero-order chi connectivity index (χ0) is 15.2. The summed E-state index contributed by atoms with van der Waals surface area (Å²) in [5.74, 6) is -0.623. The lowest BCUT2D eigenvalue weighted by Gasteiger charge is -2.33. The number of carbonyl (C=O) groups excluding carboxylic acids is 2. The molecule has 0 unspecified atom stereocenters. The van der Waals surface area contributed by atoms with Gasteiger partial charge in [-0.25, -0.2) is 4.79 Å². The molecule has 0 radical (unpaired) electrons. The summed E-state index contributed by atoms with van der Waals surface area (Å²) < 4.78 is 4.73. The molecule has 0 aliphatic rings. The van der Waals surface area contributed by atoms with Crippen LogP contribution in [-0.4, -0.2) is 35.1 Å². The van der Waals surface area contributed by atoms with Crippen molar-refractivity contribution in [3.05, 3.63) is 35.9 Å². The molecule has 1 amide bonds. The van der Waals surface area contributed by atoms with E-state index in [9.17, 15) is 14.7 Å². The average molecular weight is 297 g/mol. The maximum Gasteiger partial charge on any atom is 0.345 e. The van der Waals surface area contributed by atoms with Crippen molar-refractivity contribution in [3.63, 3.8) is 0 Å². The fraction of sp³-hybridized carbons (Fsp3) is 0.429. The molecule has 5 nitrogen and oxygen atoms in total. The minimum absolute atomic E-state index is 0.406. The Hall–Kier alpha value is -1.53. The fourth-order valence-corrected chi connectivity index (χ4v) is 2.97. The Morgan fingerprint density at radius 1 is 1.40 bits per heavy atom. The second-order valence-corrected chi connectivity index (χ2v) is 5.58. The first-order valence-electron chi connectivity index (χ1n) is 6.15. The number of carbonyl (C=O) groups is 2. The third-order valence-corrected chi connectivity index (χ3v) is 4.29. The number of hydrogen-bond acceptors (Lipinski definition) is 5. The van der Waals surface area contributed by atoms with Gasteiger partial charge in [-0.15, -0.1) is 11.8 Å². The molecule has 0 heterocycles. The first-order chi connectivity index (χ1) is 9.42. The van der Waals surface area contributed by atoms with Crippen molar-refractivity contribution >= 4 is 23.6 Å². The van der Waals surface area contributed by atoms with Gasteiger partial charge in [0.05, 0.1) is 13.2 Å². The summed E-state index contributed by atoms with van der Waals surface area (Å²) in [5, 5.41) is 12.5. The van der Waals surface area contributed by atoms with Gasteiger partial charge in [0.1, 0.15) is 0 Å². The van der Waals surface area contributed by atoms with E-state index in [2.05, 4.69) is 5.32 Å². The summed E-state index contributed by atoms with van der Waals surface area (Å²) in [6, 6.07) is 9.48. The molecule has 110 valence electrons. The van der Waals surface area contributed by atoms with E-state index in [1.54, 1.807) is 0 Å². The second-order valence-electron chi connectivity index (χ2n) is 4.36. The van der Waals surface area contributed by atoms with Gasteiger partial charge in [-0.3, -0.25) is 4.79 Å². The summed E-state index contributed by atoms with van der Waals surface area (Å²) in [6.45, 7) is 2.74. The summed E-state index contributed by atoms with van der Waals surface area (Å²) >= 11 is 1.13. The molecule has 0 bridgehead atoms. The molecule has 0 fully saturated rings. The molecule has 1 rings (SSSR count). The highest BCUT2D eigenvalue weighted by atomic mass is 32.2. The number of aliphatic hydroxyl groups is 1. The number of amides is 1. The van der Waals surface area contributed by atoms with Crippen LogP contribution in [0.4, 0.5) is 0 Å². The Kier molecular flexibility index (Phi) is 6.04. The van der Waals surface area contributed by atoms with E-state index in [1.807, 2.05) is 30.3 Å². The molecular weight excluding hydrogens is 278 g/mol. The smallest absolute Gasteiger partial charge is 0.345 e. The molecule has 1 aromatic carbocycles. The molecule has 0 aliphatic heterocycles. The maximum absolute atomic E-state index is 12.0. The van der Waals surface area contributed by atoms with Crippen LogP contribution in [0.3, 0.4) is 0 Å². The number of thioether (sulfide) groups is 1. The van der Waals surface area contributed by atoms with Gasteiger partial charge in [-0.05, 0) is 12.5 Å².